The van der Waals surface area contributed by atoms with Crippen molar-refractivity contribution in [2.24, 2.45) is 0 Å². The Balaban J connectivity index is 3.24. The van der Waals surface area contributed by atoms with Crippen LogP contribution in [0.5, 0.6) is 17.2 Å². The first kappa shape index (κ1) is 13.4. The number of ether oxygens (including phenoxy) is 3. The normalized spacial score (nSPS) is 10.1. The number of anilines is 1. The van der Waals surface area contributed by atoms with Gasteiger partial charge in [-0.3, -0.25) is 0 Å². The third kappa shape index (κ3) is 2.74. The van der Waals surface area contributed by atoms with Gasteiger partial charge in [-0.25, -0.2) is 0 Å². The number of methoxy groups -OCH3 is 3. The van der Waals surface area contributed by atoms with Gasteiger partial charge in [0.25, 0.3) is 0 Å². The number of nitrogens with two attached hydrogens (primary N) is 1. The number of nitrogen functional groups attached to an aromatic ring is 1. The van der Waals surface area contributed by atoms with Crippen LogP contribution in [0, 0.1) is 0 Å². The standard InChI is InChI=1S/C12H20N2O3/c1-5-14-7-8-6-9(15-2)11(16-3)12(17-4)10(8)13/h6,14H,5,7,13H2,1-4H3. The van der Waals surface area contributed by atoms with Gasteiger partial charge in [-0.2, -0.15) is 0 Å². The van der Waals surface area contributed by atoms with Crippen LogP contribution in [-0.4, -0.2) is 27.9 Å². The van der Waals surface area contributed by atoms with Gasteiger partial charge in [0.2, 0.25) is 5.75 Å². The van der Waals surface area contributed by atoms with Crippen molar-refractivity contribution in [1.82, 2.24) is 5.32 Å². The molecule has 3 N–H and O–H groups in total. The molecule has 0 aliphatic heterocycles. The fraction of sp³-hybridized carbons (Fsp3) is 0.500. The highest BCUT2D eigenvalue weighted by molar-refractivity contribution is 5.70. The summed E-state index contributed by atoms with van der Waals surface area (Å²) in [5.74, 6) is 1.65. The zero-order chi connectivity index (χ0) is 12.8. The van der Waals surface area contributed by atoms with E-state index in [1.54, 1.807) is 21.3 Å². The van der Waals surface area contributed by atoms with Crippen molar-refractivity contribution < 1.29 is 14.2 Å². The molecule has 0 saturated carbocycles. The molecule has 5 nitrogen and oxygen atoms in total. The molecule has 0 amide bonds. The SMILES string of the molecule is CCNCc1cc(OC)c(OC)c(OC)c1N. The molecule has 0 radical (unpaired) electrons. The second-order valence-electron chi connectivity index (χ2n) is 3.50. The summed E-state index contributed by atoms with van der Waals surface area (Å²) in [5, 5.41) is 3.21. The minimum atomic E-state index is 0.514. The van der Waals surface area contributed by atoms with E-state index >= 15 is 0 Å². The first-order valence-electron chi connectivity index (χ1n) is 5.47. The second kappa shape index (κ2) is 6.20. The topological polar surface area (TPSA) is 65.7 Å². The van der Waals surface area contributed by atoms with Crippen LogP contribution >= 0.6 is 0 Å². The van der Waals surface area contributed by atoms with Crippen LogP contribution in [-0.2, 0) is 6.54 Å². The summed E-state index contributed by atoms with van der Waals surface area (Å²) in [6, 6.07) is 1.86. The van der Waals surface area contributed by atoms with Crippen molar-refractivity contribution in [3.8, 4) is 17.2 Å². The number of rotatable bonds is 6. The molecule has 0 aliphatic rings. The van der Waals surface area contributed by atoms with Crippen molar-refractivity contribution in [2.45, 2.75) is 13.5 Å². The molecule has 0 bridgehead atoms. The summed E-state index contributed by atoms with van der Waals surface area (Å²) in [6.45, 7) is 3.57. The highest BCUT2D eigenvalue weighted by Crippen LogP contribution is 2.43. The molecule has 0 fully saturated rings. The average molecular weight is 240 g/mol. The van der Waals surface area contributed by atoms with Crippen molar-refractivity contribution >= 4 is 5.69 Å². The summed E-state index contributed by atoms with van der Waals surface area (Å²) >= 11 is 0. The van der Waals surface area contributed by atoms with Crippen LogP contribution in [0.4, 0.5) is 5.69 Å². The van der Waals surface area contributed by atoms with Crippen molar-refractivity contribution in [3.05, 3.63) is 11.6 Å². The second-order valence-corrected chi connectivity index (χ2v) is 3.50. The molecule has 5 heteroatoms. The van der Waals surface area contributed by atoms with Crippen LogP contribution < -0.4 is 25.3 Å². The van der Waals surface area contributed by atoms with Gasteiger partial charge < -0.3 is 25.3 Å². The maximum atomic E-state index is 6.03. The van der Waals surface area contributed by atoms with Gasteiger partial charge in [-0.15, -0.1) is 0 Å². The molecule has 17 heavy (non-hydrogen) atoms. The number of nitrogens with one attached hydrogen (secondary N) is 1. The third-order valence-corrected chi connectivity index (χ3v) is 2.52. The van der Waals surface area contributed by atoms with Crippen LogP contribution in [0.1, 0.15) is 12.5 Å². The van der Waals surface area contributed by atoms with E-state index in [9.17, 15) is 0 Å². The van der Waals surface area contributed by atoms with Gasteiger partial charge >= 0.3 is 0 Å². The zero-order valence-electron chi connectivity index (χ0n) is 10.8. The summed E-state index contributed by atoms with van der Waals surface area (Å²) < 4.78 is 15.8. The summed E-state index contributed by atoms with van der Waals surface area (Å²) in [7, 11) is 4.71. The molecule has 0 heterocycles. The van der Waals surface area contributed by atoms with Gasteiger partial charge in [0.1, 0.15) is 0 Å². The van der Waals surface area contributed by atoms with Crippen LogP contribution in [0.25, 0.3) is 0 Å². The maximum absolute atomic E-state index is 6.03. The van der Waals surface area contributed by atoms with Crippen LogP contribution in [0.2, 0.25) is 0 Å². The lowest BCUT2D eigenvalue weighted by Crippen LogP contribution is -2.14. The van der Waals surface area contributed by atoms with E-state index in [4.69, 9.17) is 19.9 Å². The Bertz CT molecular complexity index is 381. The summed E-state index contributed by atoms with van der Waals surface area (Å²) in [4.78, 5) is 0. The lowest BCUT2D eigenvalue weighted by Gasteiger charge is -2.17. The number of benzene rings is 1. The number of hydrogen-bond donors (Lipinski definition) is 2. The van der Waals surface area contributed by atoms with E-state index in [0.717, 1.165) is 12.1 Å². The van der Waals surface area contributed by atoms with Gasteiger partial charge in [0, 0.05) is 6.54 Å². The lowest BCUT2D eigenvalue weighted by molar-refractivity contribution is 0.325. The van der Waals surface area contributed by atoms with E-state index in [0.29, 0.717) is 29.5 Å². The third-order valence-electron chi connectivity index (χ3n) is 2.52. The minimum absolute atomic E-state index is 0.514. The van der Waals surface area contributed by atoms with E-state index < -0.39 is 0 Å². The zero-order valence-corrected chi connectivity index (χ0v) is 10.8. The summed E-state index contributed by atoms with van der Waals surface area (Å²) in [5.41, 5.74) is 7.54. The van der Waals surface area contributed by atoms with Crippen molar-refractivity contribution in [1.29, 1.82) is 0 Å². The lowest BCUT2D eigenvalue weighted by atomic mass is 10.1. The smallest absolute Gasteiger partial charge is 0.205 e. The molecule has 0 spiro atoms. The fourth-order valence-electron chi connectivity index (χ4n) is 1.64. The monoisotopic (exact) mass is 240 g/mol. The molecule has 96 valence electrons. The van der Waals surface area contributed by atoms with Crippen molar-refractivity contribution in [2.75, 3.05) is 33.6 Å². The molecule has 0 aliphatic carbocycles. The Kier molecular flexibility index (Phi) is 4.90. The first-order valence-corrected chi connectivity index (χ1v) is 5.47. The minimum Gasteiger partial charge on any atom is -0.493 e. The highest BCUT2D eigenvalue weighted by atomic mass is 16.5. The van der Waals surface area contributed by atoms with E-state index in [-0.39, 0.29) is 0 Å². The quantitative estimate of drug-likeness (QED) is 0.736. The maximum Gasteiger partial charge on any atom is 0.205 e. The molecule has 0 aromatic heterocycles. The Hall–Kier alpha value is -1.62. The predicted octanol–water partition coefficient (Wildman–Crippen LogP) is 1.40. The Morgan fingerprint density at radius 1 is 1.12 bits per heavy atom. The van der Waals surface area contributed by atoms with Gasteiger partial charge in [0.15, 0.2) is 11.5 Å². The Morgan fingerprint density at radius 2 is 1.76 bits per heavy atom. The largest absolute Gasteiger partial charge is 0.493 e. The Labute approximate surface area is 102 Å². The molecular weight excluding hydrogens is 220 g/mol. The fourth-order valence-corrected chi connectivity index (χ4v) is 1.64. The van der Waals surface area contributed by atoms with E-state index in [1.165, 1.54) is 0 Å². The van der Waals surface area contributed by atoms with E-state index in [2.05, 4.69) is 5.32 Å². The van der Waals surface area contributed by atoms with Crippen LogP contribution in [0.3, 0.4) is 0 Å². The van der Waals surface area contributed by atoms with Gasteiger partial charge in [-0.1, -0.05) is 6.92 Å². The van der Waals surface area contributed by atoms with Crippen molar-refractivity contribution in [3.63, 3.8) is 0 Å². The molecule has 1 aromatic rings. The summed E-state index contributed by atoms with van der Waals surface area (Å²) in [6.07, 6.45) is 0. The van der Waals surface area contributed by atoms with Gasteiger partial charge in [0.05, 0.1) is 27.0 Å². The first-order chi connectivity index (χ1) is 8.19. The molecule has 0 unspecified atom stereocenters. The molecular formula is C12H20N2O3. The molecule has 1 aromatic carbocycles. The van der Waals surface area contributed by atoms with Gasteiger partial charge in [-0.05, 0) is 18.2 Å². The van der Waals surface area contributed by atoms with E-state index in [1.807, 2.05) is 13.0 Å². The van der Waals surface area contributed by atoms with Crippen LogP contribution in [0.15, 0.2) is 6.07 Å². The Morgan fingerprint density at radius 3 is 2.24 bits per heavy atom. The highest BCUT2D eigenvalue weighted by Gasteiger charge is 2.18. The molecule has 1 rings (SSSR count). The molecule has 0 saturated heterocycles. The molecule has 0 atom stereocenters. The number of hydrogen-bond acceptors (Lipinski definition) is 5. The predicted molar refractivity (Wildman–Crippen MR) is 67.9 cm³/mol. The average Bonchev–Trinajstić information content (AvgIpc) is 2.36.